The van der Waals surface area contributed by atoms with Crippen LogP contribution in [0.3, 0.4) is 0 Å². The average Bonchev–Trinajstić information content (AvgIpc) is 3.97. The van der Waals surface area contributed by atoms with Gasteiger partial charge in [-0.05, 0) is 141 Å². The zero-order chi connectivity index (χ0) is 49.9. The van der Waals surface area contributed by atoms with Gasteiger partial charge < -0.3 is 19.9 Å². The van der Waals surface area contributed by atoms with Crippen molar-refractivity contribution in [2.75, 3.05) is 10.6 Å². The molecule has 13 rings (SSSR count). The quantitative estimate of drug-likeness (QED) is 0.125. The summed E-state index contributed by atoms with van der Waals surface area (Å²) < 4.78 is 23.4. The number of aryl methyl sites for hydroxylation is 2. The van der Waals surface area contributed by atoms with Crippen LogP contribution in [-0.4, -0.2) is 108 Å². The lowest BCUT2D eigenvalue weighted by Crippen LogP contribution is -2.41. The maximum absolute atomic E-state index is 12.0. The Labute approximate surface area is 442 Å². The number of fused-ring (bicyclic) bond motifs is 4. The Morgan fingerprint density at radius 1 is 0.608 bits per heavy atom. The highest BCUT2D eigenvalue weighted by molar-refractivity contribution is 9.10. The number of imidazole rings is 2. The van der Waals surface area contributed by atoms with Crippen molar-refractivity contribution in [1.82, 2.24) is 78.0 Å². The number of amides is 2. The van der Waals surface area contributed by atoms with Crippen LogP contribution in [0.4, 0.5) is 11.6 Å². The fourth-order valence-corrected chi connectivity index (χ4v) is 9.32. The van der Waals surface area contributed by atoms with Gasteiger partial charge >= 0.3 is 7.12 Å². The van der Waals surface area contributed by atoms with Gasteiger partial charge in [-0.2, -0.15) is 20.4 Å². The van der Waals surface area contributed by atoms with Crippen molar-refractivity contribution in [2.45, 2.75) is 99.8 Å². The Morgan fingerprint density at radius 3 is 1.58 bits per heavy atom. The third-order valence-corrected chi connectivity index (χ3v) is 14.6. The van der Waals surface area contributed by atoms with Gasteiger partial charge in [-0.3, -0.25) is 27.8 Å². The Hall–Kier alpha value is -7.00. The molecule has 2 saturated carbocycles. The molecule has 22 nitrogen and oxygen atoms in total. The summed E-state index contributed by atoms with van der Waals surface area (Å²) in [5, 5.41) is 43.0. The van der Waals surface area contributed by atoms with Crippen LogP contribution in [-0.2, 0) is 33.0 Å². The van der Waals surface area contributed by atoms with Gasteiger partial charge in [-0.15, -0.1) is 20.4 Å². The van der Waals surface area contributed by atoms with Crippen LogP contribution in [0.2, 0.25) is 0 Å². The zero-order valence-corrected chi connectivity index (χ0v) is 43.0. The molecule has 10 aromatic heterocycles. The van der Waals surface area contributed by atoms with E-state index in [1.807, 2.05) is 130 Å². The van der Waals surface area contributed by atoms with E-state index in [0.717, 1.165) is 73.2 Å². The summed E-state index contributed by atoms with van der Waals surface area (Å²) in [6.07, 6.45) is 18.7. The maximum Gasteiger partial charge on any atom is 0.498 e. The first-order valence-electron chi connectivity index (χ1n) is 23.0. The molecule has 3 fully saturated rings. The SMILES string of the molecule is C.C.Cn1cc(-c2ccc3nnc(Sc4ccc5nc(NC(=O)C6CC6)cn5n4)n3c2)cn1.Cn1cc(B2OC(C)(C)C(C)(C)O2)cn1.O=C(Nc1cn2nc(Sc3nnc4ccc(Br)cn34)ccc2n1)C1CC1. The molecule has 1 saturated heterocycles. The molecular weight excluding hydrogens is 1050 g/mol. The molecule has 2 N–H and O–H groups in total. The van der Waals surface area contributed by atoms with E-state index >= 15 is 0 Å². The first-order valence-corrected chi connectivity index (χ1v) is 25.4. The third kappa shape index (κ3) is 11.2. The van der Waals surface area contributed by atoms with Crippen molar-refractivity contribution < 1.29 is 18.9 Å². The van der Waals surface area contributed by atoms with E-state index < -0.39 is 0 Å². The molecule has 2 aliphatic carbocycles. The molecule has 10 aromatic rings. The molecule has 0 spiro atoms. The van der Waals surface area contributed by atoms with Crippen LogP contribution in [0.1, 0.15) is 68.2 Å². The van der Waals surface area contributed by atoms with Gasteiger partial charge in [0.05, 0.1) is 29.8 Å². The van der Waals surface area contributed by atoms with Crippen LogP contribution >= 0.6 is 39.5 Å². The molecule has 11 heterocycles. The molecule has 1 aliphatic heterocycles. The van der Waals surface area contributed by atoms with E-state index in [9.17, 15) is 9.59 Å². The van der Waals surface area contributed by atoms with Crippen LogP contribution in [0, 0.1) is 11.8 Å². The average molecular weight is 1100 g/mol. The van der Waals surface area contributed by atoms with Crippen molar-refractivity contribution in [3.05, 3.63) is 103 Å². The molecule has 0 aromatic carbocycles. The fourth-order valence-electron chi connectivity index (χ4n) is 7.43. The second kappa shape index (κ2) is 20.7. The number of nitrogens with one attached hydrogen (secondary N) is 2. The first kappa shape index (κ1) is 51.9. The molecular formula is C48H54BBrN18O4S2. The van der Waals surface area contributed by atoms with Crippen molar-refractivity contribution in [3.8, 4) is 11.1 Å². The summed E-state index contributed by atoms with van der Waals surface area (Å²) in [4.78, 5) is 32.7. The molecule has 74 heavy (non-hydrogen) atoms. The molecule has 3 aliphatic rings. The van der Waals surface area contributed by atoms with Gasteiger partial charge in [0.2, 0.25) is 22.1 Å². The molecule has 2 amide bonds. The van der Waals surface area contributed by atoms with Gasteiger partial charge in [-0.1, -0.05) is 14.9 Å². The summed E-state index contributed by atoms with van der Waals surface area (Å²) in [6.45, 7) is 8.18. The first-order chi connectivity index (χ1) is 34.6. The topological polar surface area (TPSA) is 233 Å². The lowest BCUT2D eigenvalue weighted by Gasteiger charge is -2.32. The Kier molecular flexibility index (Phi) is 14.5. The smallest absolute Gasteiger partial charge is 0.399 e. The van der Waals surface area contributed by atoms with Crippen LogP contribution in [0.5, 0.6) is 0 Å². The second-order valence-electron chi connectivity index (χ2n) is 18.6. The minimum atomic E-state index is -0.302. The number of hydrogen-bond acceptors (Lipinski definition) is 16. The molecule has 26 heteroatoms. The summed E-state index contributed by atoms with van der Waals surface area (Å²) in [7, 11) is 3.47. The monoisotopic (exact) mass is 1100 g/mol. The van der Waals surface area contributed by atoms with E-state index in [1.165, 1.54) is 23.5 Å². The minimum absolute atomic E-state index is 0. The predicted molar refractivity (Wildman–Crippen MR) is 285 cm³/mol. The van der Waals surface area contributed by atoms with E-state index in [1.54, 1.807) is 37.0 Å². The van der Waals surface area contributed by atoms with Gasteiger partial charge in [-0.25, -0.2) is 19.0 Å². The second-order valence-corrected chi connectivity index (χ2v) is 21.4. The summed E-state index contributed by atoms with van der Waals surface area (Å²) in [6, 6.07) is 15.2. The number of nitrogens with zero attached hydrogens (tertiary/aromatic N) is 16. The number of halogens is 1. The number of carbonyl (C=O) groups excluding carboxylic acids is 2. The van der Waals surface area contributed by atoms with Crippen molar-refractivity contribution in [3.63, 3.8) is 0 Å². The number of rotatable bonds is 10. The normalized spacial score (nSPS) is 15.5. The Morgan fingerprint density at radius 2 is 1.09 bits per heavy atom. The number of anilines is 2. The van der Waals surface area contributed by atoms with E-state index in [2.05, 4.69) is 77.3 Å². The highest BCUT2D eigenvalue weighted by Crippen LogP contribution is 2.37. The maximum atomic E-state index is 12.0. The lowest BCUT2D eigenvalue weighted by molar-refractivity contribution is -0.118. The predicted octanol–water partition coefficient (Wildman–Crippen LogP) is 7.70. The molecule has 0 bridgehead atoms. The van der Waals surface area contributed by atoms with Gasteiger partial charge in [0.25, 0.3) is 0 Å². The number of aromatic nitrogens is 16. The third-order valence-electron chi connectivity index (χ3n) is 12.4. The van der Waals surface area contributed by atoms with Gasteiger partial charge in [0, 0.05) is 78.0 Å². The number of hydrogen-bond donors (Lipinski definition) is 2. The summed E-state index contributed by atoms with van der Waals surface area (Å²) >= 11 is 6.27. The fraction of sp³-hybridized carbons (Fsp3) is 0.333. The lowest BCUT2D eigenvalue weighted by atomic mass is 9.82. The summed E-state index contributed by atoms with van der Waals surface area (Å²) in [5.41, 5.74) is 5.31. The van der Waals surface area contributed by atoms with E-state index in [0.29, 0.717) is 28.1 Å². The largest absolute Gasteiger partial charge is 0.498 e. The standard InChI is InChI=1S/C20H17N9OS.C16H12BrN7OS.C10H17BN2O2.2CH4/c1-27-9-14(8-21-27)13-4-5-17-24-25-20(28(17)10-13)31-18-7-6-16-22-15(11-29(16)26-18)23-19(30)12-2-3-12;17-10-3-4-13-20-21-16(23(13)7-10)26-14-6-5-12-18-11(8-24(12)22-14)19-15(25)9-1-2-9;1-9(2)10(3,4)15-11(14-9)8-6-12-13(5)7-8;;/h4-12H,2-3H2,1H3,(H,23,30);3-9H,1-2H2,(H,19,25);6-7H,1-5H3;2*1H4. The van der Waals surface area contributed by atoms with Crippen molar-refractivity contribution in [1.29, 1.82) is 0 Å². The van der Waals surface area contributed by atoms with Gasteiger partial charge in [0.1, 0.15) is 10.1 Å². The molecule has 382 valence electrons. The molecule has 0 unspecified atom stereocenters. The summed E-state index contributed by atoms with van der Waals surface area (Å²) in [5.74, 6) is 1.36. The molecule has 0 atom stereocenters. The van der Waals surface area contributed by atoms with Crippen LogP contribution in [0.15, 0.2) is 123 Å². The van der Waals surface area contributed by atoms with E-state index in [4.69, 9.17) is 9.31 Å². The molecule has 0 radical (unpaired) electrons. The Bertz CT molecular complexity index is 3650. The number of carbonyl (C=O) groups is 2. The zero-order valence-electron chi connectivity index (χ0n) is 39.8. The van der Waals surface area contributed by atoms with Gasteiger partial charge in [0.15, 0.2) is 34.2 Å². The highest BCUT2D eigenvalue weighted by Gasteiger charge is 2.52. The van der Waals surface area contributed by atoms with E-state index in [-0.39, 0.29) is 56.8 Å². The highest BCUT2D eigenvalue weighted by atomic mass is 79.9. The van der Waals surface area contributed by atoms with Crippen molar-refractivity contribution >= 4 is 98.1 Å². The Balaban J connectivity index is 0.000000142. The van der Waals surface area contributed by atoms with Crippen LogP contribution < -0.4 is 16.1 Å². The minimum Gasteiger partial charge on any atom is -0.399 e. The van der Waals surface area contributed by atoms with Crippen LogP contribution in [0.25, 0.3) is 33.7 Å². The number of pyridine rings is 2. The van der Waals surface area contributed by atoms with Crippen molar-refractivity contribution in [2.24, 2.45) is 25.9 Å².